The first-order valence-electron chi connectivity index (χ1n) is 7.56. The van der Waals surface area contributed by atoms with Crippen molar-refractivity contribution in [3.63, 3.8) is 0 Å². The molecule has 1 fully saturated rings. The number of anilines is 1. The van der Waals surface area contributed by atoms with E-state index >= 15 is 0 Å². The average molecular weight is 387 g/mol. The number of hydrogen-bond donors (Lipinski definition) is 1. The average Bonchev–Trinajstić information content (AvgIpc) is 3.10. The van der Waals surface area contributed by atoms with Crippen LogP contribution in [0.1, 0.15) is 13.3 Å². The summed E-state index contributed by atoms with van der Waals surface area (Å²) in [5.41, 5.74) is 4.74. The second-order valence-corrected chi connectivity index (χ2v) is 7.75. The molecular formula is C16H16Cl2N2O5. The van der Waals surface area contributed by atoms with Gasteiger partial charge in [-0.25, -0.2) is 0 Å². The maximum atomic E-state index is 12.5. The second kappa shape index (κ2) is 6.07. The van der Waals surface area contributed by atoms with Crippen LogP contribution in [0.3, 0.4) is 0 Å². The molecule has 0 unspecified atom stereocenters. The third kappa shape index (κ3) is 3.14. The second-order valence-electron chi connectivity index (χ2n) is 6.27. The Morgan fingerprint density at radius 3 is 2.60 bits per heavy atom. The number of alkyl halides is 2. The summed E-state index contributed by atoms with van der Waals surface area (Å²) in [6.07, 6.45) is -0.714. The van der Waals surface area contributed by atoms with Crippen LogP contribution in [0.25, 0.3) is 0 Å². The maximum absolute atomic E-state index is 12.5. The molecule has 1 aromatic carbocycles. The molecule has 1 aliphatic carbocycles. The van der Waals surface area contributed by atoms with Gasteiger partial charge in [0, 0.05) is 6.42 Å². The number of hydrogen-bond acceptors (Lipinski definition) is 5. The zero-order chi connectivity index (χ0) is 18.4. The molecule has 2 aliphatic rings. The van der Waals surface area contributed by atoms with Gasteiger partial charge in [-0.15, -0.1) is 23.2 Å². The predicted octanol–water partition coefficient (Wildman–Crippen LogP) is 1.39. The summed E-state index contributed by atoms with van der Waals surface area (Å²) in [5, 5.41) is 0. The topological polar surface area (TPSA) is 98.9 Å². The predicted molar refractivity (Wildman–Crippen MR) is 90.5 cm³/mol. The van der Waals surface area contributed by atoms with E-state index in [0.717, 1.165) is 0 Å². The van der Waals surface area contributed by atoms with E-state index in [9.17, 15) is 14.4 Å². The summed E-state index contributed by atoms with van der Waals surface area (Å²) in [7, 11) is 0. The van der Waals surface area contributed by atoms with Crippen LogP contribution in [0.2, 0.25) is 0 Å². The van der Waals surface area contributed by atoms with E-state index in [1.54, 1.807) is 31.2 Å². The fourth-order valence-corrected chi connectivity index (χ4v) is 3.29. The van der Waals surface area contributed by atoms with Gasteiger partial charge in [0.2, 0.25) is 0 Å². The standard InChI is InChI=1S/C16H16Cl2N2O5/c1-15(8-16(15,17)18)14(23)24-7-12(21)20-6-11(13(19)22)25-10-5-3-2-4-9(10)20/h2-5,11H,6-8H2,1H3,(H2,19,22)/t11-,15+/m0/s1. The minimum absolute atomic E-state index is 0.0606. The van der Waals surface area contributed by atoms with Gasteiger partial charge < -0.3 is 20.1 Å². The Hall–Kier alpha value is -1.99. The summed E-state index contributed by atoms with van der Waals surface area (Å²) < 4.78 is 9.38. The van der Waals surface area contributed by atoms with Crippen molar-refractivity contribution in [2.24, 2.45) is 11.1 Å². The van der Waals surface area contributed by atoms with Crippen molar-refractivity contribution in [3.8, 4) is 5.75 Å². The number of ether oxygens (including phenoxy) is 2. The van der Waals surface area contributed by atoms with Crippen molar-refractivity contribution >= 4 is 46.7 Å². The van der Waals surface area contributed by atoms with E-state index in [1.165, 1.54) is 4.90 Å². The SMILES string of the molecule is C[C@]1(C(=O)OCC(=O)N2C[C@@H](C(N)=O)Oc3ccccc32)CC1(Cl)Cl. The molecule has 0 spiro atoms. The molecule has 1 aromatic rings. The molecular weight excluding hydrogens is 371 g/mol. The molecule has 1 aliphatic heterocycles. The van der Waals surface area contributed by atoms with Gasteiger partial charge in [0.25, 0.3) is 11.8 Å². The number of fused-ring (bicyclic) bond motifs is 1. The Morgan fingerprint density at radius 2 is 2.00 bits per heavy atom. The number of carbonyl (C=O) groups is 3. The van der Waals surface area contributed by atoms with E-state index < -0.39 is 40.2 Å². The van der Waals surface area contributed by atoms with Gasteiger partial charge in [0.15, 0.2) is 12.7 Å². The molecule has 0 saturated heterocycles. The summed E-state index contributed by atoms with van der Waals surface area (Å²) in [4.78, 5) is 37.4. The van der Waals surface area contributed by atoms with E-state index in [4.69, 9.17) is 38.4 Å². The molecule has 1 saturated carbocycles. The van der Waals surface area contributed by atoms with Gasteiger partial charge in [-0.1, -0.05) is 12.1 Å². The fraction of sp³-hybridized carbons (Fsp3) is 0.438. The lowest BCUT2D eigenvalue weighted by Gasteiger charge is -2.33. The van der Waals surface area contributed by atoms with Gasteiger partial charge in [-0.3, -0.25) is 14.4 Å². The Balaban J connectivity index is 1.71. The van der Waals surface area contributed by atoms with Crippen LogP contribution < -0.4 is 15.4 Å². The first-order valence-corrected chi connectivity index (χ1v) is 8.32. The van der Waals surface area contributed by atoms with Crippen LogP contribution in [0.5, 0.6) is 5.75 Å². The highest BCUT2D eigenvalue weighted by atomic mass is 35.5. The van der Waals surface area contributed by atoms with Crippen LogP contribution in [0.15, 0.2) is 24.3 Å². The number of carbonyl (C=O) groups excluding carboxylic acids is 3. The molecule has 1 heterocycles. The van der Waals surface area contributed by atoms with Crippen LogP contribution >= 0.6 is 23.2 Å². The molecule has 0 radical (unpaired) electrons. The largest absolute Gasteiger partial charge is 0.477 e. The molecule has 7 nitrogen and oxygen atoms in total. The van der Waals surface area contributed by atoms with Crippen molar-refractivity contribution in [2.45, 2.75) is 23.8 Å². The zero-order valence-corrected chi connectivity index (χ0v) is 14.8. The van der Waals surface area contributed by atoms with Gasteiger partial charge in [0.05, 0.1) is 12.2 Å². The molecule has 25 heavy (non-hydrogen) atoms. The van der Waals surface area contributed by atoms with Gasteiger partial charge >= 0.3 is 5.97 Å². The Bertz CT molecular complexity index is 754. The summed E-state index contributed by atoms with van der Waals surface area (Å²) in [6, 6.07) is 6.72. The quantitative estimate of drug-likeness (QED) is 0.622. The minimum Gasteiger partial charge on any atom is -0.477 e. The molecule has 2 amide bonds. The summed E-state index contributed by atoms with van der Waals surface area (Å²) >= 11 is 11.9. The number of primary amides is 1. The number of amides is 2. The molecule has 0 bridgehead atoms. The molecule has 0 aromatic heterocycles. The highest BCUT2D eigenvalue weighted by molar-refractivity contribution is 6.53. The number of nitrogens with zero attached hydrogens (tertiary/aromatic N) is 1. The Kier molecular flexibility index (Phi) is 4.33. The number of rotatable bonds is 4. The van der Waals surface area contributed by atoms with Gasteiger partial charge in [0.1, 0.15) is 15.5 Å². The van der Waals surface area contributed by atoms with Crippen molar-refractivity contribution in [1.29, 1.82) is 0 Å². The zero-order valence-electron chi connectivity index (χ0n) is 13.3. The van der Waals surface area contributed by atoms with Crippen LogP contribution in [0.4, 0.5) is 5.69 Å². The Labute approximate surface area is 153 Å². The number of esters is 1. The first kappa shape index (κ1) is 17.8. The van der Waals surface area contributed by atoms with Crippen molar-refractivity contribution in [2.75, 3.05) is 18.1 Å². The lowest BCUT2D eigenvalue weighted by atomic mass is 10.1. The molecule has 134 valence electrons. The fourth-order valence-electron chi connectivity index (χ4n) is 2.60. The Morgan fingerprint density at radius 1 is 1.36 bits per heavy atom. The highest BCUT2D eigenvalue weighted by Gasteiger charge is 2.69. The first-order chi connectivity index (χ1) is 11.7. The van der Waals surface area contributed by atoms with E-state index in [1.807, 2.05) is 0 Å². The van der Waals surface area contributed by atoms with Crippen molar-refractivity contribution in [3.05, 3.63) is 24.3 Å². The third-order valence-electron chi connectivity index (χ3n) is 4.43. The smallest absolute Gasteiger partial charge is 0.315 e. The molecule has 2 N–H and O–H groups in total. The van der Waals surface area contributed by atoms with Crippen LogP contribution in [-0.2, 0) is 19.1 Å². The van der Waals surface area contributed by atoms with E-state index in [-0.39, 0.29) is 13.0 Å². The molecule has 2 atom stereocenters. The number of benzene rings is 1. The summed E-state index contributed by atoms with van der Waals surface area (Å²) in [5.74, 6) is -1.48. The van der Waals surface area contributed by atoms with Gasteiger partial charge in [-0.2, -0.15) is 0 Å². The third-order valence-corrected chi connectivity index (χ3v) is 5.53. The minimum atomic E-state index is -1.17. The number of nitrogens with two attached hydrogens (primary N) is 1. The number of para-hydroxylation sites is 2. The summed E-state index contributed by atoms with van der Waals surface area (Å²) in [6.45, 7) is 1.01. The maximum Gasteiger partial charge on any atom is 0.315 e. The lowest BCUT2D eigenvalue weighted by molar-refractivity contribution is -0.153. The van der Waals surface area contributed by atoms with E-state index in [0.29, 0.717) is 11.4 Å². The number of halogens is 2. The van der Waals surface area contributed by atoms with Crippen LogP contribution in [-0.4, -0.2) is 41.4 Å². The molecule has 3 rings (SSSR count). The normalized spacial score (nSPS) is 26.2. The van der Waals surface area contributed by atoms with Gasteiger partial charge in [-0.05, 0) is 19.1 Å². The molecule has 9 heteroatoms. The van der Waals surface area contributed by atoms with E-state index in [2.05, 4.69) is 0 Å². The highest BCUT2D eigenvalue weighted by Crippen LogP contribution is 2.64. The van der Waals surface area contributed by atoms with Crippen molar-refractivity contribution < 1.29 is 23.9 Å². The monoisotopic (exact) mass is 386 g/mol. The lowest BCUT2D eigenvalue weighted by Crippen LogP contribution is -2.50. The van der Waals surface area contributed by atoms with Crippen LogP contribution in [0, 0.1) is 5.41 Å². The van der Waals surface area contributed by atoms with Crippen molar-refractivity contribution in [1.82, 2.24) is 0 Å².